The Balaban J connectivity index is 2.07. The molecular formula is C12H10N4S. The first kappa shape index (κ1) is 10.2. The van der Waals surface area contributed by atoms with Crippen molar-refractivity contribution in [3.05, 3.63) is 53.2 Å². The molecule has 5 heteroatoms. The molecule has 3 rings (SSSR count). The molecule has 4 nitrogen and oxygen atoms in total. The minimum Gasteiger partial charge on any atom is -0.341 e. The van der Waals surface area contributed by atoms with E-state index in [1.165, 1.54) is 5.56 Å². The van der Waals surface area contributed by atoms with Crippen molar-refractivity contribution in [2.45, 2.75) is 6.54 Å². The Morgan fingerprint density at radius 2 is 2.00 bits per heavy atom. The van der Waals surface area contributed by atoms with Crippen LogP contribution in [0.2, 0.25) is 0 Å². The van der Waals surface area contributed by atoms with E-state index in [1.807, 2.05) is 22.8 Å². The predicted octanol–water partition coefficient (Wildman–Crippen LogP) is 2.54. The lowest BCUT2D eigenvalue weighted by Crippen LogP contribution is -2.03. The Hall–Kier alpha value is -2.01. The number of imidazole rings is 1. The largest absolute Gasteiger partial charge is 0.341 e. The number of hydrogen-bond donors (Lipinski definition) is 1. The normalized spacial score (nSPS) is 10.8. The van der Waals surface area contributed by atoms with Crippen molar-refractivity contribution in [2.24, 2.45) is 0 Å². The molecular weight excluding hydrogens is 232 g/mol. The molecule has 0 unspecified atom stereocenters. The van der Waals surface area contributed by atoms with Gasteiger partial charge in [-0.2, -0.15) is 0 Å². The molecule has 1 N–H and O–H groups in total. The highest BCUT2D eigenvalue weighted by Gasteiger charge is 2.02. The van der Waals surface area contributed by atoms with Crippen LogP contribution in [0.1, 0.15) is 5.56 Å². The first-order valence-corrected chi connectivity index (χ1v) is 5.68. The second-order valence-electron chi connectivity index (χ2n) is 3.76. The van der Waals surface area contributed by atoms with Gasteiger partial charge in [0.05, 0.1) is 12.7 Å². The lowest BCUT2D eigenvalue weighted by molar-refractivity contribution is 0.764. The van der Waals surface area contributed by atoms with Gasteiger partial charge in [0.25, 0.3) is 0 Å². The molecule has 0 bridgehead atoms. The molecule has 0 aliphatic carbocycles. The van der Waals surface area contributed by atoms with E-state index in [9.17, 15) is 0 Å². The lowest BCUT2D eigenvalue weighted by Gasteiger charge is -2.06. The van der Waals surface area contributed by atoms with Crippen LogP contribution in [-0.2, 0) is 6.54 Å². The van der Waals surface area contributed by atoms with Crippen LogP contribution in [0.4, 0.5) is 0 Å². The predicted molar refractivity (Wildman–Crippen MR) is 68.3 cm³/mol. The van der Waals surface area contributed by atoms with E-state index in [0.29, 0.717) is 5.65 Å². The third-order valence-corrected chi connectivity index (χ3v) is 3.05. The molecule has 0 atom stereocenters. The molecule has 0 spiro atoms. The van der Waals surface area contributed by atoms with Gasteiger partial charge in [0.2, 0.25) is 0 Å². The summed E-state index contributed by atoms with van der Waals surface area (Å²) < 4.78 is 2.67. The van der Waals surface area contributed by atoms with Gasteiger partial charge in [-0.15, -0.1) is 0 Å². The molecule has 0 aliphatic rings. The lowest BCUT2D eigenvalue weighted by atomic mass is 10.2. The van der Waals surface area contributed by atoms with Crippen LogP contribution in [0.25, 0.3) is 11.2 Å². The van der Waals surface area contributed by atoms with Crippen molar-refractivity contribution in [1.82, 2.24) is 19.5 Å². The number of aromatic nitrogens is 4. The van der Waals surface area contributed by atoms with Crippen LogP contribution < -0.4 is 0 Å². The molecule has 0 radical (unpaired) electrons. The molecule has 2 heterocycles. The number of aromatic amines is 1. The van der Waals surface area contributed by atoms with E-state index in [-0.39, 0.29) is 0 Å². The summed E-state index contributed by atoms with van der Waals surface area (Å²) in [6.07, 6.45) is 3.35. The summed E-state index contributed by atoms with van der Waals surface area (Å²) >= 11 is 5.40. The summed E-state index contributed by atoms with van der Waals surface area (Å²) in [7, 11) is 0. The van der Waals surface area contributed by atoms with Crippen LogP contribution in [0.5, 0.6) is 0 Å². The number of nitrogens with zero attached hydrogens (tertiary/aromatic N) is 3. The molecule has 0 saturated heterocycles. The van der Waals surface area contributed by atoms with Crippen LogP contribution in [0, 0.1) is 4.64 Å². The number of nitrogens with one attached hydrogen (secondary N) is 1. The molecule has 3 aromatic rings. The fraction of sp³-hybridized carbons (Fsp3) is 0.0833. The second kappa shape index (κ2) is 4.10. The molecule has 0 saturated carbocycles. The number of hydrogen-bond acceptors (Lipinski definition) is 3. The maximum atomic E-state index is 5.40. The number of fused-ring (bicyclic) bond motifs is 1. The summed E-state index contributed by atoms with van der Waals surface area (Å²) in [6, 6.07) is 10.2. The Kier molecular flexibility index (Phi) is 2.45. The van der Waals surface area contributed by atoms with Crippen molar-refractivity contribution < 1.29 is 0 Å². The molecule has 0 aliphatic heterocycles. The first-order valence-electron chi connectivity index (χ1n) is 5.27. The Morgan fingerprint density at radius 3 is 2.82 bits per heavy atom. The Labute approximate surface area is 103 Å². The van der Waals surface area contributed by atoms with Gasteiger partial charge in [0.15, 0.2) is 5.65 Å². The maximum absolute atomic E-state index is 5.40. The summed E-state index contributed by atoms with van der Waals surface area (Å²) in [5, 5.41) is 0. The standard InChI is InChI=1S/C12H10N4S/c17-12-10-11(14-7-13-10)15-8-16(12)6-9-4-2-1-3-5-9/h1-5,7-8H,6H2,(H,13,14). The van der Waals surface area contributed by atoms with Gasteiger partial charge >= 0.3 is 0 Å². The van der Waals surface area contributed by atoms with Crippen LogP contribution in [-0.4, -0.2) is 19.5 Å². The van der Waals surface area contributed by atoms with Crippen molar-refractivity contribution in [1.29, 1.82) is 0 Å². The zero-order valence-corrected chi connectivity index (χ0v) is 9.81. The minimum atomic E-state index is 0.666. The van der Waals surface area contributed by atoms with Crippen molar-refractivity contribution in [2.75, 3.05) is 0 Å². The van der Waals surface area contributed by atoms with Crippen LogP contribution in [0.15, 0.2) is 43.0 Å². The fourth-order valence-electron chi connectivity index (χ4n) is 1.76. The SMILES string of the molecule is S=c1c2[nH]cnc2ncn1Cc1ccccc1. The van der Waals surface area contributed by atoms with Crippen molar-refractivity contribution in [3.8, 4) is 0 Å². The fourth-order valence-corrected chi connectivity index (χ4v) is 2.02. The molecule has 1 aromatic carbocycles. The number of H-pyrrole nitrogens is 1. The average molecular weight is 242 g/mol. The van der Waals surface area contributed by atoms with E-state index in [1.54, 1.807) is 12.7 Å². The highest BCUT2D eigenvalue weighted by molar-refractivity contribution is 7.71. The summed E-state index contributed by atoms with van der Waals surface area (Å²) in [6.45, 7) is 0.724. The second-order valence-corrected chi connectivity index (χ2v) is 4.15. The number of benzene rings is 1. The quantitative estimate of drug-likeness (QED) is 0.702. The topological polar surface area (TPSA) is 46.5 Å². The highest BCUT2D eigenvalue weighted by atomic mass is 32.1. The molecule has 0 amide bonds. The Morgan fingerprint density at radius 1 is 1.18 bits per heavy atom. The van der Waals surface area contributed by atoms with Gasteiger partial charge in [0.1, 0.15) is 10.2 Å². The van der Waals surface area contributed by atoms with Gasteiger partial charge in [-0.05, 0) is 5.56 Å². The smallest absolute Gasteiger partial charge is 0.181 e. The third kappa shape index (κ3) is 1.85. The van der Waals surface area contributed by atoms with Gasteiger partial charge in [-0.3, -0.25) is 0 Å². The molecule has 2 aromatic heterocycles. The molecule has 0 fully saturated rings. The van der Waals surface area contributed by atoms with Gasteiger partial charge in [-0.25, -0.2) is 9.97 Å². The maximum Gasteiger partial charge on any atom is 0.181 e. The van der Waals surface area contributed by atoms with E-state index >= 15 is 0 Å². The summed E-state index contributed by atoms with van der Waals surface area (Å²) in [5.74, 6) is 0. The highest BCUT2D eigenvalue weighted by Crippen LogP contribution is 2.09. The first-order chi connectivity index (χ1) is 8.34. The molecule has 17 heavy (non-hydrogen) atoms. The van der Waals surface area contributed by atoms with Gasteiger partial charge in [0, 0.05) is 6.54 Å². The van der Waals surface area contributed by atoms with Crippen molar-refractivity contribution >= 4 is 23.4 Å². The number of rotatable bonds is 2. The summed E-state index contributed by atoms with van der Waals surface area (Å²) in [4.78, 5) is 11.3. The zero-order chi connectivity index (χ0) is 11.7. The zero-order valence-electron chi connectivity index (χ0n) is 9.00. The van der Waals surface area contributed by atoms with Crippen molar-refractivity contribution in [3.63, 3.8) is 0 Å². The van der Waals surface area contributed by atoms with E-state index in [2.05, 4.69) is 27.1 Å². The van der Waals surface area contributed by atoms with E-state index in [4.69, 9.17) is 12.2 Å². The monoisotopic (exact) mass is 242 g/mol. The Bertz CT molecular complexity index is 699. The molecule has 84 valence electrons. The van der Waals surface area contributed by atoms with Gasteiger partial charge in [-0.1, -0.05) is 42.5 Å². The van der Waals surface area contributed by atoms with Gasteiger partial charge < -0.3 is 9.55 Å². The minimum absolute atomic E-state index is 0.666. The van der Waals surface area contributed by atoms with E-state index < -0.39 is 0 Å². The average Bonchev–Trinajstić information content (AvgIpc) is 2.83. The third-order valence-electron chi connectivity index (χ3n) is 2.61. The summed E-state index contributed by atoms with van der Waals surface area (Å²) in [5.41, 5.74) is 2.68. The van der Waals surface area contributed by atoms with Crippen LogP contribution >= 0.6 is 12.2 Å². The van der Waals surface area contributed by atoms with E-state index in [0.717, 1.165) is 16.7 Å². The van der Waals surface area contributed by atoms with Crippen LogP contribution in [0.3, 0.4) is 0 Å².